The number of hydrogen-bond donors (Lipinski definition) is 18. The first kappa shape index (κ1) is 54.2. The molecule has 0 unspecified atom stereocenters. The molecule has 32 heteroatoms. The van der Waals surface area contributed by atoms with Crippen LogP contribution in [0.1, 0.15) is 0 Å². The van der Waals surface area contributed by atoms with Crippen LogP contribution >= 0.6 is 71.8 Å². The van der Waals surface area contributed by atoms with Gasteiger partial charge in [-0.1, -0.05) is 0 Å². The lowest BCUT2D eigenvalue weighted by Crippen LogP contribution is -1.66. The van der Waals surface area contributed by atoms with Gasteiger partial charge in [0.05, 0.1) is 0 Å². The molecule has 0 radical (unpaired) electrons. The van der Waals surface area contributed by atoms with E-state index in [1.54, 1.807) is 0 Å². The van der Waals surface area contributed by atoms with Gasteiger partial charge in [0.25, 0.3) is 0 Å². The average Bonchev–Trinajstić information content (AvgIpc) is 1.94. The molecule has 0 fully saturated rings. The van der Waals surface area contributed by atoms with Crippen molar-refractivity contribution in [2.75, 3.05) is 0 Å². The van der Waals surface area contributed by atoms with E-state index in [1.165, 1.54) is 0 Å². The molecule has 208 valence electrons. The topological polar surface area (TPSA) is 467 Å². The molecular weight excluding hydrogens is 641 g/mol. The molecule has 0 bridgehead atoms. The van der Waals surface area contributed by atoms with Crippen molar-refractivity contribution >= 4 is 71.8 Å². The lowest BCUT2D eigenvalue weighted by atomic mass is 15.8. The highest BCUT2D eigenvalue weighted by Crippen LogP contribution is 2.27. The second kappa shape index (κ2) is 22.7. The first-order valence-electron chi connectivity index (χ1n) is 4.70. The van der Waals surface area contributed by atoms with Gasteiger partial charge in [-0.3, -0.25) is 0 Å². The van der Waals surface area contributed by atoms with Crippen molar-refractivity contribution in [3.63, 3.8) is 0 Å². The summed E-state index contributed by atoms with van der Waals surface area (Å²) in [6.45, 7) is 0. The fourth-order valence-electron chi connectivity index (χ4n) is 0. The van der Waals surface area contributed by atoms with E-state index in [4.69, 9.17) is 115 Å². The van der Waals surface area contributed by atoms with E-state index >= 15 is 0 Å². The predicted octanol–water partition coefficient (Wildman–Crippen LogP) is -4.73. The Labute approximate surface area is 187 Å². The van der Waals surface area contributed by atoms with Gasteiger partial charge < -0.3 is 88.1 Å². The minimum absolute atomic E-state index is 0. The van der Waals surface area contributed by atoms with E-state index in [-0.39, 0.29) is 24.8 Å². The minimum atomic E-state index is -4.64. The van der Waals surface area contributed by atoms with Gasteiger partial charge in [-0.25, -0.2) is 27.4 Å². The molecule has 0 heterocycles. The van der Waals surface area contributed by atoms with Gasteiger partial charge in [0.2, 0.25) is 0 Å². The van der Waals surface area contributed by atoms with E-state index in [1.807, 2.05) is 0 Å². The molecule has 0 aromatic heterocycles. The summed E-state index contributed by atoms with van der Waals surface area (Å²) in [5.74, 6) is 0. The van der Waals surface area contributed by atoms with E-state index < -0.39 is 46.9 Å². The standard InChI is InChI=1S/2ClH.6H3O4P/c;;6*1-5(2,3)4/h2*1H;6*(H3,1,2,3,4). The van der Waals surface area contributed by atoms with E-state index in [0.29, 0.717) is 0 Å². The normalized spacial score (nSPS) is 11.1. The molecule has 0 aromatic rings. The Morgan fingerprint density at radius 3 is 0.219 bits per heavy atom. The van der Waals surface area contributed by atoms with Crippen LogP contribution in [0, 0.1) is 0 Å². The van der Waals surface area contributed by atoms with Gasteiger partial charge in [0.15, 0.2) is 0 Å². The maximum absolute atomic E-state index is 8.88. The highest BCUT2D eigenvalue weighted by atomic mass is 35.5. The maximum atomic E-state index is 8.88. The monoisotopic (exact) mass is 660 g/mol. The third kappa shape index (κ3) is 18600. The van der Waals surface area contributed by atoms with Crippen molar-refractivity contribution in [1.82, 2.24) is 0 Å². The van der Waals surface area contributed by atoms with Crippen molar-refractivity contribution in [1.29, 1.82) is 0 Å². The summed E-state index contributed by atoms with van der Waals surface area (Å²) in [5, 5.41) is 0. The molecule has 24 nitrogen and oxygen atoms in total. The largest absolute Gasteiger partial charge is 0.466 e. The highest BCUT2D eigenvalue weighted by Gasteiger charge is 2.02. The number of halogens is 2. The fourth-order valence-corrected chi connectivity index (χ4v) is 0. The first-order chi connectivity index (χ1) is 12.0. The molecule has 0 saturated heterocycles. The summed E-state index contributed by atoms with van der Waals surface area (Å²) in [7, 11) is -27.8. The summed E-state index contributed by atoms with van der Waals surface area (Å²) < 4.78 is 53.3. The van der Waals surface area contributed by atoms with Gasteiger partial charge in [0, 0.05) is 0 Å². The Morgan fingerprint density at radius 2 is 0.219 bits per heavy atom. The molecule has 0 aliphatic heterocycles. The third-order valence-electron chi connectivity index (χ3n) is 0. The van der Waals surface area contributed by atoms with E-state index in [2.05, 4.69) is 0 Å². The van der Waals surface area contributed by atoms with Gasteiger partial charge in [-0.05, 0) is 0 Å². The number of phosphoric acid groups is 6. The first-order valence-corrected chi connectivity index (χ1v) is 14.1. The van der Waals surface area contributed by atoms with Crippen LogP contribution in [0.15, 0.2) is 0 Å². The zero-order valence-electron chi connectivity index (χ0n) is 14.0. The highest BCUT2D eigenvalue weighted by molar-refractivity contribution is 7.46. The zero-order valence-corrected chi connectivity index (χ0v) is 21.0. The average molecular weight is 661 g/mol. The Hall–Kier alpha value is 1.24. The fraction of sp³-hybridized carbons (Fsp3) is 0. The van der Waals surface area contributed by atoms with Crippen molar-refractivity contribution in [2.45, 2.75) is 0 Å². The van der Waals surface area contributed by atoms with Crippen LogP contribution < -0.4 is 0 Å². The smallest absolute Gasteiger partial charge is 0.303 e. The molecule has 0 aliphatic carbocycles. The van der Waals surface area contributed by atoms with Crippen molar-refractivity contribution in [2.24, 2.45) is 0 Å². The van der Waals surface area contributed by atoms with Crippen LogP contribution in [-0.4, -0.2) is 88.1 Å². The van der Waals surface area contributed by atoms with Crippen molar-refractivity contribution in [3.8, 4) is 0 Å². The summed E-state index contributed by atoms with van der Waals surface area (Å²) in [5.41, 5.74) is 0. The van der Waals surface area contributed by atoms with Crippen LogP contribution in [0.4, 0.5) is 0 Å². The molecular formula is H20Cl2O24P6. The zero-order chi connectivity index (χ0) is 27.0. The molecule has 0 amide bonds. The van der Waals surface area contributed by atoms with Gasteiger partial charge in [0.1, 0.15) is 0 Å². The summed E-state index contributed by atoms with van der Waals surface area (Å²) in [6, 6.07) is 0. The van der Waals surface area contributed by atoms with Gasteiger partial charge in [-0.15, -0.1) is 24.8 Å². The van der Waals surface area contributed by atoms with Crippen molar-refractivity contribution in [3.05, 3.63) is 0 Å². The Balaban J connectivity index is -0.0000000356. The number of rotatable bonds is 0. The van der Waals surface area contributed by atoms with Crippen LogP contribution in [0.3, 0.4) is 0 Å². The van der Waals surface area contributed by atoms with Crippen LogP contribution in [0.2, 0.25) is 0 Å². The molecule has 18 N–H and O–H groups in total. The second-order valence-corrected chi connectivity index (χ2v) is 9.24. The Bertz CT molecular complexity index is 465. The minimum Gasteiger partial charge on any atom is -0.303 e. The molecule has 0 aliphatic rings. The molecule has 32 heavy (non-hydrogen) atoms. The van der Waals surface area contributed by atoms with Crippen LogP contribution in [0.5, 0.6) is 0 Å². The summed E-state index contributed by atoms with van der Waals surface area (Å²) >= 11 is 0. The maximum Gasteiger partial charge on any atom is 0.466 e. The van der Waals surface area contributed by atoms with Crippen molar-refractivity contribution < 1.29 is 115 Å². The van der Waals surface area contributed by atoms with Crippen LogP contribution in [-0.2, 0) is 27.4 Å². The molecule has 0 atom stereocenters. The van der Waals surface area contributed by atoms with E-state index in [0.717, 1.165) is 0 Å². The Morgan fingerprint density at radius 1 is 0.219 bits per heavy atom. The molecule has 0 spiro atoms. The summed E-state index contributed by atoms with van der Waals surface area (Å²) in [4.78, 5) is 129. The molecule has 0 saturated carbocycles. The lowest BCUT2D eigenvalue weighted by molar-refractivity contribution is 0.272. The summed E-state index contributed by atoms with van der Waals surface area (Å²) in [6.07, 6.45) is 0. The van der Waals surface area contributed by atoms with Crippen LogP contribution in [0.25, 0.3) is 0 Å². The third-order valence-corrected chi connectivity index (χ3v) is 0. The van der Waals surface area contributed by atoms with Gasteiger partial charge in [-0.2, -0.15) is 0 Å². The second-order valence-electron chi connectivity index (χ2n) is 3.08. The Kier molecular flexibility index (Phi) is 38.5. The quantitative estimate of drug-likeness (QED) is 0.108. The SMILES string of the molecule is Cl.Cl.O=P(O)(O)O.O=P(O)(O)O.O=P(O)(O)O.O=P(O)(O)O.O=P(O)(O)O.O=P(O)(O)O. The number of hydrogen-bond acceptors (Lipinski definition) is 6. The predicted molar refractivity (Wildman–Crippen MR) is 100 cm³/mol. The van der Waals surface area contributed by atoms with E-state index in [9.17, 15) is 0 Å². The van der Waals surface area contributed by atoms with Gasteiger partial charge >= 0.3 is 46.9 Å². The molecule has 0 aromatic carbocycles. The lowest BCUT2D eigenvalue weighted by Gasteiger charge is -1.82. The molecule has 0 rings (SSSR count).